The molecule has 19 heavy (non-hydrogen) atoms. The average molecular weight is 265 g/mol. The summed E-state index contributed by atoms with van der Waals surface area (Å²) in [5.74, 6) is 0. The molecule has 3 nitrogen and oxygen atoms in total. The molecule has 1 saturated heterocycles. The van der Waals surface area contributed by atoms with Gasteiger partial charge in [0, 0.05) is 6.04 Å². The van der Waals surface area contributed by atoms with E-state index in [2.05, 4.69) is 23.2 Å². The molecule has 1 aliphatic heterocycles. The SMILES string of the molecule is CCCN1CCC(NCCCCC(C)(C)C#N)CC1. The second-order valence-corrected chi connectivity index (χ2v) is 6.52. The maximum absolute atomic E-state index is 8.95. The first-order chi connectivity index (χ1) is 9.07. The van der Waals surface area contributed by atoms with Gasteiger partial charge in [0.15, 0.2) is 0 Å². The van der Waals surface area contributed by atoms with Crippen LogP contribution in [0.5, 0.6) is 0 Å². The zero-order chi connectivity index (χ0) is 14.1. The van der Waals surface area contributed by atoms with Crippen molar-refractivity contribution in [3.8, 4) is 6.07 Å². The first-order valence-corrected chi connectivity index (χ1v) is 7.94. The van der Waals surface area contributed by atoms with Gasteiger partial charge in [0.05, 0.1) is 11.5 Å². The van der Waals surface area contributed by atoms with Crippen LogP contribution >= 0.6 is 0 Å². The number of nitrogens with one attached hydrogen (secondary N) is 1. The lowest BCUT2D eigenvalue weighted by molar-refractivity contribution is 0.198. The van der Waals surface area contributed by atoms with E-state index in [1.54, 1.807) is 0 Å². The molecule has 0 bridgehead atoms. The summed E-state index contributed by atoms with van der Waals surface area (Å²) in [7, 11) is 0. The van der Waals surface area contributed by atoms with Crippen molar-refractivity contribution in [3.63, 3.8) is 0 Å². The summed E-state index contributed by atoms with van der Waals surface area (Å²) in [5.41, 5.74) is -0.147. The Balaban J connectivity index is 2.01. The Kier molecular flexibility index (Phi) is 7.41. The minimum absolute atomic E-state index is 0.147. The number of piperidine rings is 1. The van der Waals surface area contributed by atoms with E-state index in [9.17, 15) is 0 Å². The lowest BCUT2D eigenvalue weighted by Gasteiger charge is -2.32. The number of hydrogen-bond donors (Lipinski definition) is 1. The topological polar surface area (TPSA) is 39.1 Å². The van der Waals surface area contributed by atoms with Crippen molar-refractivity contribution < 1.29 is 0 Å². The van der Waals surface area contributed by atoms with Gasteiger partial charge in [-0.2, -0.15) is 5.26 Å². The number of hydrogen-bond acceptors (Lipinski definition) is 3. The molecule has 110 valence electrons. The predicted molar refractivity (Wildman–Crippen MR) is 81.0 cm³/mol. The largest absolute Gasteiger partial charge is 0.314 e. The van der Waals surface area contributed by atoms with Crippen LogP contribution in [0, 0.1) is 16.7 Å². The van der Waals surface area contributed by atoms with Crippen LogP contribution in [-0.4, -0.2) is 37.1 Å². The van der Waals surface area contributed by atoms with Gasteiger partial charge in [0.25, 0.3) is 0 Å². The van der Waals surface area contributed by atoms with Crippen molar-refractivity contribution in [1.29, 1.82) is 5.26 Å². The minimum Gasteiger partial charge on any atom is -0.314 e. The monoisotopic (exact) mass is 265 g/mol. The van der Waals surface area contributed by atoms with Crippen molar-refractivity contribution in [2.45, 2.75) is 65.3 Å². The molecule has 0 radical (unpaired) electrons. The Morgan fingerprint density at radius 2 is 1.95 bits per heavy atom. The molecule has 1 heterocycles. The number of likely N-dealkylation sites (tertiary alicyclic amines) is 1. The van der Waals surface area contributed by atoms with Crippen molar-refractivity contribution >= 4 is 0 Å². The van der Waals surface area contributed by atoms with Crippen LogP contribution < -0.4 is 5.32 Å². The third-order valence-corrected chi connectivity index (χ3v) is 4.09. The van der Waals surface area contributed by atoms with Crippen LogP contribution in [-0.2, 0) is 0 Å². The molecule has 1 fully saturated rings. The zero-order valence-corrected chi connectivity index (χ0v) is 13.0. The first kappa shape index (κ1) is 16.5. The van der Waals surface area contributed by atoms with Gasteiger partial charge in [-0.05, 0) is 72.1 Å². The highest BCUT2D eigenvalue weighted by molar-refractivity contribution is 4.91. The van der Waals surface area contributed by atoms with E-state index in [1.807, 2.05) is 13.8 Å². The number of rotatable bonds is 8. The van der Waals surface area contributed by atoms with Crippen LogP contribution in [0.3, 0.4) is 0 Å². The fourth-order valence-electron chi connectivity index (χ4n) is 2.73. The molecule has 1 aliphatic rings. The van der Waals surface area contributed by atoms with Crippen LogP contribution in [0.4, 0.5) is 0 Å². The van der Waals surface area contributed by atoms with Gasteiger partial charge in [-0.15, -0.1) is 0 Å². The summed E-state index contributed by atoms with van der Waals surface area (Å²) in [5, 5.41) is 12.6. The third kappa shape index (κ3) is 6.94. The summed E-state index contributed by atoms with van der Waals surface area (Å²) in [6.07, 6.45) is 7.22. The third-order valence-electron chi connectivity index (χ3n) is 4.09. The van der Waals surface area contributed by atoms with Crippen LogP contribution in [0.2, 0.25) is 0 Å². The summed E-state index contributed by atoms with van der Waals surface area (Å²) in [6.45, 7) is 11.2. The molecule has 0 unspecified atom stereocenters. The van der Waals surface area contributed by atoms with E-state index in [1.165, 1.54) is 45.3 Å². The predicted octanol–water partition coefficient (Wildman–Crippen LogP) is 3.17. The fraction of sp³-hybridized carbons (Fsp3) is 0.938. The molecule has 0 aromatic carbocycles. The Morgan fingerprint density at radius 1 is 1.26 bits per heavy atom. The van der Waals surface area contributed by atoms with Crippen LogP contribution in [0.15, 0.2) is 0 Å². The van der Waals surface area contributed by atoms with E-state index in [0.29, 0.717) is 0 Å². The van der Waals surface area contributed by atoms with E-state index in [-0.39, 0.29) is 5.41 Å². The normalized spacial score (nSPS) is 18.4. The van der Waals surface area contributed by atoms with Crippen LogP contribution in [0.1, 0.15) is 59.3 Å². The Hall–Kier alpha value is -0.590. The van der Waals surface area contributed by atoms with Gasteiger partial charge < -0.3 is 10.2 Å². The number of nitriles is 1. The molecule has 0 aliphatic carbocycles. The summed E-state index contributed by atoms with van der Waals surface area (Å²) in [6, 6.07) is 3.09. The summed E-state index contributed by atoms with van der Waals surface area (Å²) >= 11 is 0. The standard InChI is InChI=1S/C16H31N3/c1-4-11-19-12-7-15(8-13-19)18-10-6-5-9-16(2,3)14-17/h15,18H,4-13H2,1-3H3. The highest BCUT2D eigenvalue weighted by atomic mass is 15.1. The maximum atomic E-state index is 8.95. The van der Waals surface area contributed by atoms with Gasteiger partial charge >= 0.3 is 0 Å². The quantitative estimate of drug-likeness (QED) is 0.685. The molecule has 0 amide bonds. The van der Waals surface area contributed by atoms with E-state index < -0.39 is 0 Å². The fourth-order valence-corrected chi connectivity index (χ4v) is 2.73. The molecule has 3 heteroatoms. The van der Waals surface area contributed by atoms with Gasteiger partial charge in [-0.25, -0.2) is 0 Å². The zero-order valence-electron chi connectivity index (χ0n) is 13.0. The van der Waals surface area contributed by atoms with Gasteiger partial charge in [0.2, 0.25) is 0 Å². The molecule has 0 saturated carbocycles. The molecule has 0 spiro atoms. The van der Waals surface area contributed by atoms with E-state index >= 15 is 0 Å². The lowest BCUT2D eigenvalue weighted by atomic mass is 9.89. The smallest absolute Gasteiger partial charge is 0.0683 e. The van der Waals surface area contributed by atoms with Gasteiger partial charge in [-0.3, -0.25) is 0 Å². The van der Waals surface area contributed by atoms with Crippen LogP contribution in [0.25, 0.3) is 0 Å². The highest BCUT2D eigenvalue weighted by Crippen LogP contribution is 2.21. The molecule has 1 N–H and O–H groups in total. The number of nitrogens with zero attached hydrogens (tertiary/aromatic N) is 2. The van der Waals surface area contributed by atoms with Crippen molar-refractivity contribution in [2.75, 3.05) is 26.2 Å². The molecule has 0 aromatic rings. The second kappa shape index (κ2) is 8.55. The average Bonchev–Trinajstić information content (AvgIpc) is 2.40. The minimum atomic E-state index is -0.147. The van der Waals surface area contributed by atoms with E-state index in [0.717, 1.165) is 25.4 Å². The second-order valence-electron chi connectivity index (χ2n) is 6.52. The number of unbranched alkanes of at least 4 members (excludes halogenated alkanes) is 1. The van der Waals surface area contributed by atoms with E-state index in [4.69, 9.17) is 5.26 Å². The van der Waals surface area contributed by atoms with Gasteiger partial charge in [0.1, 0.15) is 0 Å². The summed E-state index contributed by atoms with van der Waals surface area (Å²) < 4.78 is 0. The maximum Gasteiger partial charge on any atom is 0.0683 e. The summed E-state index contributed by atoms with van der Waals surface area (Å²) in [4.78, 5) is 2.58. The molecular formula is C16H31N3. The van der Waals surface area contributed by atoms with Gasteiger partial charge in [-0.1, -0.05) is 13.3 Å². The lowest BCUT2D eigenvalue weighted by Crippen LogP contribution is -2.42. The molecule has 0 aromatic heterocycles. The molecular weight excluding hydrogens is 234 g/mol. The Labute approximate surface area is 119 Å². The Bertz CT molecular complexity index is 272. The molecule has 0 atom stereocenters. The highest BCUT2D eigenvalue weighted by Gasteiger charge is 2.18. The first-order valence-electron chi connectivity index (χ1n) is 7.94. The van der Waals surface area contributed by atoms with Crippen molar-refractivity contribution in [2.24, 2.45) is 5.41 Å². The van der Waals surface area contributed by atoms with Crippen molar-refractivity contribution in [3.05, 3.63) is 0 Å². The molecule has 1 rings (SSSR count). The Morgan fingerprint density at radius 3 is 2.53 bits per heavy atom. The van der Waals surface area contributed by atoms with Crippen molar-refractivity contribution in [1.82, 2.24) is 10.2 Å².